The summed E-state index contributed by atoms with van der Waals surface area (Å²) in [5.74, 6) is 0.641. The van der Waals surface area contributed by atoms with Crippen molar-refractivity contribution in [2.75, 3.05) is 20.8 Å². The maximum Gasteiger partial charge on any atom is 0.338 e. The summed E-state index contributed by atoms with van der Waals surface area (Å²) in [5, 5.41) is 2.94. The summed E-state index contributed by atoms with van der Waals surface area (Å²) >= 11 is 0. The third-order valence-corrected chi connectivity index (χ3v) is 5.02. The van der Waals surface area contributed by atoms with Crippen molar-refractivity contribution < 1.29 is 23.8 Å². The molecule has 1 unspecified atom stereocenters. The Morgan fingerprint density at radius 3 is 2.47 bits per heavy atom. The van der Waals surface area contributed by atoms with Gasteiger partial charge in [0, 0.05) is 11.3 Å². The molecule has 1 aliphatic heterocycles. The first kappa shape index (κ1) is 21.2. The molecular weight excluding hydrogens is 384 g/mol. The Balaban J connectivity index is 2.10. The van der Waals surface area contributed by atoms with E-state index < -0.39 is 12.0 Å². The largest absolute Gasteiger partial charge is 0.497 e. The van der Waals surface area contributed by atoms with E-state index in [1.807, 2.05) is 30.3 Å². The quantitative estimate of drug-likeness (QED) is 0.703. The number of allylic oxidation sites excluding steroid dienone is 1. The molecule has 158 valence electrons. The Kier molecular flexibility index (Phi) is 6.61. The summed E-state index contributed by atoms with van der Waals surface area (Å²) in [6, 6.07) is 13.8. The fourth-order valence-corrected chi connectivity index (χ4v) is 3.51. The molecule has 0 saturated carbocycles. The van der Waals surface area contributed by atoms with E-state index in [9.17, 15) is 9.59 Å². The third-order valence-electron chi connectivity index (χ3n) is 5.02. The number of urea groups is 1. The minimum absolute atomic E-state index is 0.226. The topological polar surface area (TPSA) is 77.1 Å². The molecule has 0 saturated heterocycles. The molecule has 0 bridgehead atoms. The Labute approximate surface area is 176 Å². The molecule has 1 atom stereocenters. The van der Waals surface area contributed by atoms with Gasteiger partial charge in [-0.2, -0.15) is 0 Å². The number of amides is 2. The molecule has 2 amide bonds. The number of nitrogens with zero attached hydrogens (tertiary/aromatic N) is 1. The Hall–Kier alpha value is -3.48. The van der Waals surface area contributed by atoms with Crippen LogP contribution in [0.15, 0.2) is 59.8 Å². The fraction of sp³-hybridized carbons (Fsp3) is 0.304. The SMILES string of the molecule is CCOC(=O)C1=C(C)N(Cc2ccccc2)C(=O)NC1c1cc(OC)ccc1OC. The summed E-state index contributed by atoms with van der Waals surface area (Å²) in [6.07, 6.45) is 0. The van der Waals surface area contributed by atoms with Crippen LogP contribution < -0.4 is 14.8 Å². The summed E-state index contributed by atoms with van der Waals surface area (Å²) < 4.78 is 16.1. The van der Waals surface area contributed by atoms with Gasteiger partial charge in [0.05, 0.1) is 39.0 Å². The van der Waals surface area contributed by atoms with Crippen LogP contribution in [0.3, 0.4) is 0 Å². The molecule has 30 heavy (non-hydrogen) atoms. The van der Waals surface area contributed by atoms with Gasteiger partial charge >= 0.3 is 12.0 Å². The number of methoxy groups -OCH3 is 2. The van der Waals surface area contributed by atoms with Crippen LogP contribution in [0.4, 0.5) is 4.79 Å². The lowest BCUT2D eigenvalue weighted by molar-refractivity contribution is -0.139. The fourth-order valence-electron chi connectivity index (χ4n) is 3.51. The van der Waals surface area contributed by atoms with Gasteiger partial charge in [-0.05, 0) is 37.6 Å². The molecule has 2 aromatic carbocycles. The van der Waals surface area contributed by atoms with Crippen molar-refractivity contribution in [1.82, 2.24) is 10.2 Å². The Bertz CT molecular complexity index is 955. The minimum atomic E-state index is -0.728. The third kappa shape index (κ3) is 4.25. The minimum Gasteiger partial charge on any atom is -0.497 e. The van der Waals surface area contributed by atoms with Gasteiger partial charge in [-0.3, -0.25) is 4.90 Å². The highest BCUT2D eigenvalue weighted by Gasteiger charge is 2.38. The second kappa shape index (κ2) is 9.35. The second-order valence-electron chi connectivity index (χ2n) is 6.78. The van der Waals surface area contributed by atoms with E-state index in [2.05, 4.69) is 5.32 Å². The van der Waals surface area contributed by atoms with Crippen LogP contribution in [0.25, 0.3) is 0 Å². The van der Waals surface area contributed by atoms with E-state index in [1.165, 1.54) is 7.11 Å². The number of carbonyl (C=O) groups is 2. The van der Waals surface area contributed by atoms with E-state index in [-0.39, 0.29) is 12.6 Å². The number of carbonyl (C=O) groups excluding carboxylic acids is 2. The van der Waals surface area contributed by atoms with Crippen molar-refractivity contribution in [3.8, 4) is 11.5 Å². The molecule has 7 heteroatoms. The Morgan fingerprint density at radius 2 is 1.83 bits per heavy atom. The van der Waals surface area contributed by atoms with Crippen LogP contribution in [0.5, 0.6) is 11.5 Å². The molecule has 1 N–H and O–H groups in total. The van der Waals surface area contributed by atoms with Crippen LogP contribution >= 0.6 is 0 Å². The normalized spacial score (nSPS) is 16.2. The number of esters is 1. The zero-order valence-electron chi connectivity index (χ0n) is 17.6. The number of benzene rings is 2. The Morgan fingerprint density at radius 1 is 1.10 bits per heavy atom. The summed E-state index contributed by atoms with van der Waals surface area (Å²) in [4.78, 5) is 27.5. The van der Waals surface area contributed by atoms with Crippen molar-refractivity contribution in [3.05, 3.63) is 70.9 Å². The molecule has 0 aromatic heterocycles. The number of hydrogen-bond acceptors (Lipinski definition) is 5. The van der Waals surface area contributed by atoms with Gasteiger partial charge in [-0.15, -0.1) is 0 Å². The van der Waals surface area contributed by atoms with Crippen LogP contribution in [0.2, 0.25) is 0 Å². The number of ether oxygens (including phenoxy) is 3. The standard InChI is InChI=1S/C23H26N2O5/c1-5-30-22(26)20-15(2)25(14-16-9-7-6-8-10-16)23(27)24-21(20)18-13-17(28-3)11-12-19(18)29-4/h6-13,21H,5,14H2,1-4H3,(H,24,27). The number of hydrogen-bond donors (Lipinski definition) is 1. The highest BCUT2D eigenvalue weighted by atomic mass is 16.5. The van der Waals surface area contributed by atoms with Crippen LogP contribution in [0.1, 0.15) is 31.0 Å². The molecule has 1 heterocycles. The molecule has 0 spiro atoms. The van der Waals surface area contributed by atoms with E-state index >= 15 is 0 Å². The zero-order chi connectivity index (χ0) is 21.7. The number of rotatable bonds is 7. The van der Waals surface area contributed by atoms with Gasteiger partial charge in [0.2, 0.25) is 0 Å². The molecule has 1 aliphatic rings. The zero-order valence-corrected chi connectivity index (χ0v) is 17.6. The lowest BCUT2D eigenvalue weighted by Gasteiger charge is -2.36. The predicted molar refractivity (Wildman–Crippen MR) is 112 cm³/mol. The van der Waals surface area contributed by atoms with Crippen molar-refractivity contribution in [2.45, 2.75) is 26.4 Å². The van der Waals surface area contributed by atoms with E-state index in [1.54, 1.807) is 44.1 Å². The van der Waals surface area contributed by atoms with Crippen molar-refractivity contribution >= 4 is 12.0 Å². The van der Waals surface area contributed by atoms with Gasteiger partial charge in [0.1, 0.15) is 11.5 Å². The van der Waals surface area contributed by atoms with Crippen LogP contribution in [-0.4, -0.2) is 37.7 Å². The van der Waals surface area contributed by atoms with Gasteiger partial charge in [0.15, 0.2) is 0 Å². The van der Waals surface area contributed by atoms with Crippen LogP contribution in [0, 0.1) is 0 Å². The molecule has 7 nitrogen and oxygen atoms in total. The van der Waals surface area contributed by atoms with Gasteiger partial charge < -0.3 is 19.5 Å². The highest BCUT2D eigenvalue weighted by Crippen LogP contribution is 2.38. The average Bonchev–Trinajstić information content (AvgIpc) is 2.76. The van der Waals surface area contributed by atoms with E-state index in [4.69, 9.17) is 14.2 Å². The monoisotopic (exact) mass is 410 g/mol. The molecule has 0 fully saturated rings. The smallest absolute Gasteiger partial charge is 0.338 e. The van der Waals surface area contributed by atoms with Crippen LogP contribution in [-0.2, 0) is 16.1 Å². The molecule has 0 aliphatic carbocycles. The summed E-state index contributed by atoms with van der Waals surface area (Å²) in [6.45, 7) is 4.07. The molecule has 0 radical (unpaired) electrons. The molecular formula is C23H26N2O5. The maximum atomic E-state index is 13.0. The summed E-state index contributed by atoms with van der Waals surface area (Å²) in [5.41, 5.74) is 2.47. The first-order valence-electron chi connectivity index (χ1n) is 9.71. The van der Waals surface area contributed by atoms with Crippen molar-refractivity contribution in [1.29, 1.82) is 0 Å². The predicted octanol–water partition coefficient (Wildman–Crippen LogP) is 3.81. The maximum absolute atomic E-state index is 13.0. The highest BCUT2D eigenvalue weighted by molar-refractivity contribution is 5.95. The molecule has 2 aromatic rings. The van der Waals surface area contributed by atoms with Gasteiger partial charge in [-0.1, -0.05) is 30.3 Å². The van der Waals surface area contributed by atoms with Gasteiger partial charge in [-0.25, -0.2) is 9.59 Å². The lowest BCUT2D eigenvalue weighted by atomic mass is 9.93. The second-order valence-corrected chi connectivity index (χ2v) is 6.78. The average molecular weight is 410 g/mol. The molecule has 3 rings (SSSR count). The number of nitrogens with one attached hydrogen (secondary N) is 1. The lowest BCUT2D eigenvalue weighted by Crippen LogP contribution is -2.47. The van der Waals surface area contributed by atoms with E-state index in [0.29, 0.717) is 34.9 Å². The van der Waals surface area contributed by atoms with Gasteiger partial charge in [0.25, 0.3) is 0 Å². The first-order chi connectivity index (χ1) is 14.5. The summed E-state index contributed by atoms with van der Waals surface area (Å²) in [7, 11) is 3.10. The van der Waals surface area contributed by atoms with Crippen molar-refractivity contribution in [3.63, 3.8) is 0 Å². The first-order valence-corrected chi connectivity index (χ1v) is 9.71. The van der Waals surface area contributed by atoms with Crippen molar-refractivity contribution in [2.24, 2.45) is 0 Å². The van der Waals surface area contributed by atoms with E-state index in [0.717, 1.165) is 5.56 Å².